The molecule has 1 aromatic carbocycles. The summed E-state index contributed by atoms with van der Waals surface area (Å²) in [5.74, 6) is -1.05. The van der Waals surface area contributed by atoms with Crippen molar-refractivity contribution < 1.29 is 13.6 Å². The maximum atomic E-state index is 13.7. The van der Waals surface area contributed by atoms with Crippen molar-refractivity contribution in [2.45, 2.75) is 32.2 Å². The minimum Gasteiger partial charge on any atom is -0.356 e. The quantitative estimate of drug-likeness (QED) is 0.833. The molecule has 7 heteroatoms. The number of aryl methyl sites for hydroxylation is 1. The van der Waals surface area contributed by atoms with Gasteiger partial charge in [-0.2, -0.15) is 0 Å². The molecule has 4 nitrogen and oxygen atoms in total. The Morgan fingerprint density at radius 3 is 2.86 bits per heavy atom. The number of amides is 1. The van der Waals surface area contributed by atoms with E-state index < -0.39 is 11.6 Å². The maximum Gasteiger partial charge on any atom is 0.221 e. The predicted octanol–water partition coefficient (Wildman–Crippen LogP) is 2.97. The Hall–Kier alpha value is -1.69. The van der Waals surface area contributed by atoms with Crippen LogP contribution in [0.15, 0.2) is 12.1 Å². The minimum absolute atomic E-state index is 0.0618. The summed E-state index contributed by atoms with van der Waals surface area (Å²) in [5, 5.41) is 2.75. The molecule has 0 atom stereocenters. The number of hydrogen-bond acceptors (Lipinski definition) is 2. The zero-order chi connectivity index (χ0) is 15.4. The van der Waals surface area contributed by atoms with Crippen molar-refractivity contribution in [3.05, 3.63) is 29.6 Å². The van der Waals surface area contributed by atoms with Crippen LogP contribution < -0.4 is 5.32 Å². The van der Waals surface area contributed by atoms with Gasteiger partial charge in [0.25, 0.3) is 0 Å². The summed E-state index contributed by atoms with van der Waals surface area (Å²) in [7, 11) is 0. The van der Waals surface area contributed by atoms with Gasteiger partial charge in [-0.3, -0.25) is 4.79 Å². The third kappa shape index (κ3) is 3.50. The van der Waals surface area contributed by atoms with Crippen LogP contribution >= 0.6 is 11.6 Å². The Labute approximate surface area is 126 Å². The van der Waals surface area contributed by atoms with E-state index in [0.717, 1.165) is 12.5 Å². The number of alkyl halides is 1. The monoisotopic (exact) mass is 315 g/mol. The minimum atomic E-state index is -0.731. The summed E-state index contributed by atoms with van der Waals surface area (Å²) in [6.45, 7) is 2.84. The van der Waals surface area contributed by atoms with E-state index in [1.807, 2.05) is 6.92 Å². The van der Waals surface area contributed by atoms with Gasteiger partial charge < -0.3 is 9.88 Å². The van der Waals surface area contributed by atoms with Gasteiger partial charge in [0.05, 0.1) is 11.4 Å². The normalized spacial score (nSPS) is 11.0. The number of rotatable bonds is 6. The summed E-state index contributed by atoms with van der Waals surface area (Å²) >= 11 is 5.79. The number of benzene rings is 1. The summed E-state index contributed by atoms with van der Waals surface area (Å²) in [6.07, 6.45) is 1.05. The molecule has 0 aliphatic carbocycles. The molecule has 0 aliphatic rings. The molecular formula is C14H16ClF2N3O. The lowest BCUT2D eigenvalue weighted by Gasteiger charge is -2.08. The number of carbonyl (C=O) groups excluding carboxylic acids is 1. The largest absolute Gasteiger partial charge is 0.356 e. The average Bonchev–Trinajstić information content (AvgIpc) is 2.81. The number of hydrogen-bond donors (Lipinski definition) is 1. The Balaban J connectivity index is 2.27. The standard InChI is InChI=1S/C14H16ClF2N3O/c1-2-4-18-13(21)3-5-20-11-7-9(16)6-10(17)14(11)19-12(20)8-15/h6-7H,2-5,8H2,1H3,(H,18,21). The Bertz CT molecular complexity index is 657. The van der Waals surface area contributed by atoms with Crippen molar-refractivity contribution in [3.8, 4) is 0 Å². The number of imidazole rings is 1. The molecule has 0 aliphatic heterocycles. The van der Waals surface area contributed by atoms with Crippen molar-refractivity contribution in [2.24, 2.45) is 0 Å². The smallest absolute Gasteiger partial charge is 0.221 e. The van der Waals surface area contributed by atoms with Gasteiger partial charge in [0, 0.05) is 25.6 Å². The molecule has 0 fully saturated rings. The molecule has 0 unspecified atom stereocenters. The van der Waals surface area contributed by atoms with E-state index in [-0.39, 0.29) is 30.3 Å². The summed E-state index contributed by atoms with van der Waals surface area (Å²) in [5.41, 5.74) is 0.382. The SMILES string of the molecule is CCCNC(=O)CCn1c(CCl)nc2c(F)cc(F)cc21. The predicted molar refractivity (Wildman–Crippen MR) is 77.1 cm³/mol. The van der Waals surface area contributed by atoms with Gasteiger partial charge in [0.15, 0.2) is 5.82 Å². The van der Waals surface area contributed by atoms with Crippen LogP contribution in [-0.4, -0.2) is 22.0 Å². The maximum absolute atomic E-state index is 13.7. The van der Waals surface area contributed by atoms with Gasteiger partial charge in [0.2, 0.25) is 5.91 Å². The van der Waals surface area contributed by atoms with E-state index in [1.54, 1.807) is 4.57 Å². The molecule has 0 saturated heterocycles. The van der Waals surface area contributed by atoms with E-state index in [9.17, 15) is 13.6 Å². The number of nitrogens with zero attached hydrogens (tertiary/aromatic N) is 2. The molecule has 0 radical (unpaired) electrons. The lowest BCUT2D eigenvalue weighted by molar-refractivity contribution is -0.121. The molecule has 114 valence electrons. The molecule has 1 aromatic heterocycles. The van der Waals surface area contributed by atoms with E-state index in [1.165, 1.54) is 6.07 Å². The fraction of sp³-hybridized carbons (Fsp3) is 0.429. The second-order valence-electron chi connectivity index (χ2n) is 4.67. The zero-order valence-corrected chi connectivity index (χ0v) is 12.4. The fourth-order valence-electron chi connectivity index (χ4n) is 2.11. The first-order valence-electron chi connectivity index (χ1n) is 6.73. The first-order valence-corrected chi connectivity index (χ1v) is 7.27. The highest BCUT2D eigenvalue weighted by Crippen LogP contribution is 2.22. The fourth-order valence-corrected chi connectivity index (χ4v) is 2.32. The zero-order valence-electron chi connectivity index (χ0n) is 11.6. The van der Waals surface area contributed by atoms with Crippen LogP contribution in [0.3, 0.4) is 0 Å². The molecule has 1 N–H and O–H groups in total. The van der Waals surface area contributed by atoms with Crippen molar-refractivity contribution in [1.29, 1.82) is 0 Å². The third-order valence-electron chi connectivity index (χ3n) is 3.11. The molecule has 1 amide bonds. The van der Waals surface area contributed by atoms with Gasteiger partial charge in [0.1, 0.15) is 17.2 Å². The highest BCUT2D eigenvalue weighted by Gasteiger charge is 2.15. The second kappa shape index (κ2) is 6.85. The van der Waals surface area contributed by atoms with E-state index in [4.69, 9.17) is 11.6 Å². The lowest BCUT2D eigenvalue weighted by Crippen LogP contribution is -2.25. The van der Waals surface area contributed by atoms with Crippen molar-refractivity contribution in [1.82, 2.24) is 14.9 Å². The first-order chi connectivity index (χ1) is 10.1. The summed E-state index contributed by atoms with van der Waals surface area (Å²) in [6, 6.07) is 1.98. The summed E-state index contributed by atoms with van der Waals surface area (Å²) in [4.78, 5) is 15.7. The molecule has 2 rings (SSSR count). The molecular weight excluding hydrogens is 300 g/mol. The lowest BCUT2D eigenvalue weighted by atomic mass is 10.3. The van der Waals surface area contributed by atoms with Crippen LogP contribution in [0, 0.1) is 11.6 Å². The first kappa shape index (κ1) is 15.7. The van der Waals surface area contributed by atoms with Crippen LogP contribution in [-0.2, 0) is 17.2 Å². The Morgan fingerprint density at radius 2 is 2.19 bits per heavy atom. The topological polar surface area (TPSA) is 46.9 Å². The van der Waals surface area contributed by atoms with Gasteiger partial charge >= 0.3 is 0 Å². The van der Waals surface area contributed by atoms with Gasteiger partial charge in [-0.1, -0.05) is 6.92 Å². The van der Waals surface area contributed by atoms with Gasteiger partial charge in [-0.25, -0.2) is 13.8 Å². The van der Waals surface area contributed by atoms with Crippen LogP contribution in [0.25, 0.3) is 11.0 Å². The van der Waals surface area contributed by atoms with Crippen LogP contribution in [0.1, 0.15) is 25.6 Å². The average molecular weight is 316 g/mol. The Kier molecular flexibility index (Phi) is 5.12. The molecule has 0 bridgehead atoms. The Morgan fingerprint density at radius 1 is 1.43 bits per heavy atom. The van der Waals surface area contributed by atoms with Crippen LogP contribution in [0.4, 0.5) is 8.78 Å². The number of carbonyl (C=O) groups is 1. The van der Waals surface area contributed by atoms with E-state index in [0.29, 0.717) is 17.9 Å². The second-order valence-corrected chi connectivity index (χ2v) is 4.94. The van der Waals surface area contributed by atoms with Crippen LogP contribution in [0.5, 0.6) is 0 Å². The molecule has 0 saturated carbocycles. The number of nitrogens with one attached hydrogen (secondary N) is 1. The third-order valence-corrected chi connectivity index (χ3v) is 3.34. The highest BCUT2D eigenvalue weighted by molar-refractivity contribution is 6.16. The molecule has 1 heterocycles. The number of halogens is 3. The molecule has 0 spiro atoms. The number of fused-ring (bicyclic) bond motifs is 1. The van der Waals surface area contributed by atoms with Crippen molar-refractivity contribution in [3.63, 3.8) is 0 Å². The van der Waals surface area contributed by atoms with E-state index >= 15 is 0 Å². The molecule has 21 heavy (non-hydrogen) atoms. The highest BCUT2D eigenvalue weighted by atomic mass is 35.5. The van der Waals surface area contributed by atoms with Gasteiger partial charge in [-0.05, 0) is 12.5 Å². The van der Waals surface area contributed by atoms with Crippen molar-refractivity contribution >= 4 is 28.5 Å². The van der Waals surface area contributed by atoms with Crippen LogP contribution in [0.2, 0.25) is 0 Å². The number of aromatic nitrogens is 2. The van der Waals surface area contributed by atoms with Gasteiger partial charge in [-0.15, -0.1) is 11.6 Å². The molecule has 2 aromatic rings. The summed E-state index contributed by atoms with van der Waals surface area (Å²) < 4.78 is 28.6. The van der Waals surface area contributed by atoms with Crippen molar-refractivity contribution in [2.75, 3.05) is 6.54 Å². The van der Waals surface area contributed by atoms with E-state index in [2.05, 4.69) is 10.3 Å².